The number of hydrogen-bond acceptors (Lipinski definition) is 1. The molecule has 0 bridgehead atoms. The minimum atomic E-state index is -9.84. The van der Waals surface area contributed by atoms with Crippen molar-refractivity contribution in [2.45, 2.75) is 78.6 Å². The summed E-state index contributed by atoms with van der Waals surface area (Å²) in [6, 6.07) is 4.41. The van der Waals surface area contributed by atoms with Crippen molar-refractivity contribution in [2.75, 3.05) is 0 Å². The van der Waals surface area contributed by atoms with Crippen molar-refractivity contribution in [3.8, 4) is 5.75 Å². The highest BCUT2D eigenvalue weighted by Gasteiger charge is 2.67. The van der Waals surface area contributed by atoms with Crippen LogP contribution in [-0.2, 0) is 0 Å². The van der Waals surface area contributed by atoms with E-state index in [0.29, 0.717) is 0 Å². The van der Waals surface area contributed by atoms with Crippen LogP contribution in [0.2, 0.25) is 0 Å². The van der Waals surface area contributed by atoms with Gasteiger partial charge in [-0.15, -0.1) is 0 Å². The smallest absolute Gasteiger partial charge is 0.355 e. The van der Waals surface area contributed by atoms with Crippen LogP contribution in [0.5, 0.6) is 5.75 Å². The molecule has 0 heterocycles. The predicted molar refractivity (Wildman–Crippen MR) is 98.0 cm³/mol. The number of rotatable bonds is 9. The van der Waals surface area contributed by atoms with Crippen LogP contribution in [0.15, 0.2) is 24.3 Å². The van der Waals surface area contributed by atoms with Gasteiger partial charge in [0.2, 0.25) is 0 Å². The molecule has 25 heavy (non-hydrogen) atoms. The molecule has 150 valence electrons. The van der Waals surface area contributed by atoms with Crippen molar-refractivity contribution < 1.29 is 23.6 Å². The van der Waals surface area contributed by atoms with Crippen molar-refractivity contribution in [2.24, 2.45) is 0 Å². The molecule has 1 nitrogen and oxygen atoms in total. The van der Waals surface area contributed by atoms with Crippen LogP contribution in [-0.4, -0.2) is 0 Å². The minimum absolute atomic E-state index is 0.106. The van der Waals surface area contributed by atoms with Gasteiger partial charge >= 0.3 is 10.5 Å². The van der Waals surface area contributed by atoms with Crippen LogP contribution in [0.25, 0.3) is 0 Å². The van der Waals surface area contributed by atoms with E-state index in [1.165, 1.54) is 57.1 Å². The normalized spacial score (nSPS) is 14.3. The minimum Gasteiger partial charge on any atom is -0.355 e. The van der Waals surface area contributed by atoms with E-state index in [2.05, 4.69) is 18.0 Å². The number of unbranched alkanes of at least 4 members (excludes halogenated alkanes) is 6. The third kappa shape index (κ3) is 15.0. The molecule has 0 radical (unpaired) electrons. The highest BCUT2D eigenvalue weighted by Crippen LogP contribution is 2.97. The van der Waals surface area contributed by atoms with Gasteiger partial charge in [0.1, 0.15) is 5.75 Å². The first-order valence-electron chi connectivity index (χ1n) is 8.82. The fourth-order valence-corrected chi connectivity index (χ4v) is 2.60. The zero-order valence-electron chi connectivity index (χ0n) is 15.5. The number of hydrogen-bond donors (Lipinski definition) is 0. The Labute approximate surface area is 148 Å². The molecular weight excluding hydrogens is 359 g/mol. The maximum absolute atomic E-state index is 11.9. The summed E-state index contributed by atoms with van der Waals surface area (Å²) in [5.74, 6) is -0.794. The van der Waals surface area contributed by atoms with E-state index < -0.39 is 16.3 Å². The first-order chi connectivity index (χ1) is 11.3. The van der Waals surface area contributed by atoms with E-state index in [-0.39, 0.29) is 5.92 Å². The lowest BCUT2D eigenvalue weighted by molar-refractivity contribution is 0.243. The summed E-state index contributed by atoms with van der Waals surface area (Å²) in [7, 11) is -9.84. The lowest BCUT2D eigenvalue weighted by Gasteiger charge is -2.39. The Hall–Kier alpha value is -0.980. The van der Waals surface area contributed by atoms with Gasteiger partial charge < -0.3 is 4.18 Å². The van der Waals surface area contributed by atoms with Crippen molar-refractivity contribution in [1.29, 1.82) is 0 Å². The zero-order chi connectivity index (χ0) is 19.6. The van der Waals surface area contributed by atoms with E-state index >= 15 is 0 Å². The molecule has 1 aromatic rings. The molecule has 0 saturated heterocycles. The summed E-state index contributed by atoms with van der Waals surface area (Å²) in [6.45, 7) is 8.19. The average Bonchev–Trinajstić information content (AvgIpc) is 2.45. The summed E-state index contributed by atoms with van der Waals surface area (Å²) >= 11 is 0. The van der Waals surface area contributed by atoms with E-state index in [1.54, 1.807) is 0 Å². The van der Waals surface area contributed by atoms with E-state index in [4.69, 9.17) is 0 Å². The van der Waals surface area contributed by atoms with Crippen molar-refractivity contribution in [3.63, 3.8) is 0 Å². The molecule has 7 heteroatoms. The quantitative estimate of drug-likeness (QED) is 0.302. The predicted octanol–water partition coefficient (Wildman–Crippen LogP) is 9.16. The molecule has 0 amide bonds. The Bertz CT molecular complexity index is 476. The Balaban J connectivity index is 0.000000547. The van der Waals surface area contributed by atoms with Crippen molar-refractivity contribution in [1.82, 2.24) is 0 Å². The first-order valence-corrected chi connectivity index (χ1v) is 10.7. The topological polar surface area (TPSA) is 9.23 Å². The summed E-state index contributed by atoms with van der Waals surface area (Å²) in [5.41, 5.74) is 0.745. The summed E-state index contributed by atoms with van der Waals surface area (Å²) in [5, 5.41) is 0. The Morgan fingerprint density at radius 2 is 1.16 bits per heavy atom. The van der Waals surface area contributed by atoms with Gasteiger partial charge in [-0.3, -0.25) is 0 Å². The number of halogens is 5. The molecule has 0 aliphatic carbocycles. The number of benzene rings is 1. The highest BCUT2D eigenvalue weighted by molar-refractivity contribution is 8.42. The second kappa shape index (κ2) is 9.10. The van der Waals surface area contributed by atoms with Gasteiger partial charge in [-0.25, -0.2) is 0 Å². The van der Waals surface area contributed by atoms with E-state index in [1.807, 2.05) is 13.8 Å². The molecule has 0 spiro atoms. The maximum atomic E-state index is 11.9. The molecule has 0 fully saturated rings. The molecule has 0 aliphatic rings. The average molecular weight is 391 g/mol. The van der Waals surface area contributed by atoms with Crippen LogP contribution >= 0.6 is 10.5 Å². The standard InChI is InChI=1S/C9H11F5OS.C9H20/c1-7(2)8-3-5-9(6-4-8)15-16(10,11,12,13)14;1-3-5-7-9-8-6-4-2/h3-7H,1-2H3;3-9H2,1-2H3. The first kappa shape index (κ1) is 24.0. The van der Waals surface area contributed by atoms with Gasteiger partial charge in [0, 0.05) is 0 Å². The molecule has 0 unspecified atom stereocenters. The Morgan fingerprint density at radius 1 is 0.760 bits per heavy atom. The zero-order valence-corrected chi connectivity index (χ0v) is 16.4. The second-order valence-corrected chi connectivity index (χ2v) is 8.44. The molecule has 0 atom stereocenters. The Kier molecular flexibility index (Phi) is 8.74. The molecule has 0 aliphatic heterocycles. The molecule has 0 N–H and O–H groups in total. The van der Waals surface area contributed by atoms with Crippen molar-refractivity contribution in [3.05, 3.63) is 29.8 Å². The van der Waals surface area contributed by atoms with Crippen LogP contribution in [0, 0.1) is 0 Å². The molecule has 1 rings (SSSR count). The van der Waals surface area contributed by atoms with Gasteiger partial charge in [-0.05, 0) is 23.6 Å². The fraction of sp³-hybridized carbons (Fsp3) is 0.667. The van der Waals surface area contributed by atoms with E-state index in [0.717, 1.165) is 17.7 Å². The molecule has 0 aromatic heterocycles. The van der Waals surface area contributed by atoms with Gasteiger partial charge in [0.25, 0.3) is 0 Å². The maximum Gasteiger partial charge on any atom is 0.435 e. The summed E-state index contributed by atoms with van der Waals surface area (Å²) in [4.78, 5) is 0. The highest BCUT2D eigenvalue weighted by atomic mass is 32.5. The third-order valence-electron chi connectivity index (χ3n) is 3.51. The lowest BCUT2D eigenvalue weighted by Crippen LogP contribution is -2.13. The fourth-order valence-electron chi connectivity index (χ4n) is 2.12. The van der Waals surface area contributed by atoms with Crippen LogP contribution in [0.4, 0.5) is 19.4 Å². The van der Waals surface area contributed by atoms with Crippen molar-refractivity contribution >= 4 is 10.5 Å². The Morgan fingerprint density at radius 3 is 1.48 bits per heavy atom. The van der Waals surface area contributed by atoms with E-state index in [9.17, 15) is 19.4 Å². The largest absolute Gasteiger partial charge is 0.435 e. The third-order valence-corrected chi connectivity index (χ3v) is 4.02. The van der Waals surface area contributed by atoms with Gasteiger partial charge in [-0.2, -0.15) is 0 Å². The van der Waals surface area contributed by atoms with Gasteiger partial charge in [0.05, 0.1) is 0 Å². The van der Waals surface area contributed by atoms with Crippen LogP contribution in [0.3, 0.4) is 0 Å². The van der Waals surface area contributed by atoms with Gasteiger partial charge in [0.15, 0.2) is 0 Å². The van der Waals surface area contributed by atoms with Crippen LogP contribution < -0.4 is 4.18 Å². The van der Waals surface area contributed by atoms with Crippen LogP contribution in [0.1, 0.15) is 84.1 Å². The molecule has 0 saturated carbocycles. The lowest BCUT2D eigenvalue weighted by atomic mass is 10.0. The summed E-state index contributed by atoms with van der Waals surface area (Å²) < 4.78 is 62.6. The molecule has 1 aromatic carbocycles. The van der Waals surface area contributed by atoms with Gasteiger partial charge in [-0.1, -0.05) is 104 Å². The molecular formula is C18H31F5OS. The second-order valence-electron chi connectivity index (χ2n) is 6.47. The summed E-state index contributed by atoms with van der Waals surface area (Å²) in [6.07, 6.45) is 9.97. The SMILES string of the molecule is CC(C)c1ccc(OS(F)(F)(F)(F)F)cc1.CCCCCCCCC. The monoisotopic (exact) mass is 390 g/mol.